The van der Waals surface area contributed by atoms with Crippen molar-refractivity contribution in [2.24, 2.45) is 11.7 Å². The van der Waals surface area contributed by atoms with Crippen LogP contribution in [0.15, 0.2) is 11.6 Å². The lowest BCUT2D eigenvalue weighted by Crippen LogP contribution is -2.73. The molecule has 5 nitrogen and oxygen atoms in total. The summed E-state index contributed by atoms with van der Waals surface area (Å²) in [6.45, 7) is 2.36. The first-order valence-electron chi connectivity index (χ1n) is 6.04. The van der Waals surface area contributed by atoms with Crippen LogP contribution in [0.3, 0.4) is 0 Å². The van der Waals surface area contributed by atoms with E-state index < -0.39 is 0 Å². The number of nitrogens with two attached hydrogens (primary N) is 1. The standard InChI is InChI=1S/C12H16N2O3/c1-6-5-8(15)14(12(6)16)10-9(13)7-3-2-4-17-11(7)10/h5,7,9-11H,2-4,13H2,1H3. The summed E-state index contributed by atoms with van der Waals surface area (Å²) in [6, 6.07) is -0.401. The summed E-state index contributed by atoms with van der Waals surface area (Å²) in [6.07, 6.45) is 3.38. The number of carbonyl (C=O) groups excluding carboxylic acids is 2. The molecule has 4 atom stereocenters. The van der Waals surface area contributed by atoms with E-state index in [1.54, 1.807) is 6.92 Å². The number of carbonyl (C=O) groups is 2. The Balaban J connectivity index is 1.82. The Morgan fingerprint density at radius 3 is 2.88 bits per heavy atom. The maximum Gasteiger partial charge on any atom is 0.256 e. The average molecular weight is 236 g/mol. The highest BCUT2D eigenvalue weighted by atomic mass is 16.5. The van der Waals surface area contributed by atoms with Gasteiger partial charge in [0.05, 0.1) is 12.1 Å². The van der Waals surface area contributed by atoms with Gasteiger partial charge in [0.1, 0.15) is 0 Å². The summed E-state index contributed by atoms with van der Waals surface area (Å²) in [5, 5.41) is 0. The van der Waals surface area contributed by atoms with Crippen LogP contribution in [0.1, 0.15) is 19.8 Å². The summed E-state index contributed by atoms with van der Waals surface area (Å²) in [5.74, 6) is -0.168. The molecule has 0 spiro atoms. The summed E-state index contributed by atoms with van der Waals surface area (Å²) < 4.78 is 5.65. The van der Waals surface area contributed by atoms with Crippen molar-refractivity contribution < 1.29 is 14.3 Å². The first-order valence-corrected chi connectivity index (χ1v) is 6.04. The third-order valence-electron chi connectivity index (χ3n) is 4.07. The van der Waals surface area contributed by atoms with Crippen molar-refractivity contribution in [2.75, 3.05) is 6.61 Å². The third kappa shape index (κ3) is 1.39. The second-order valence-corrected chi connectivity index (χ2v) is 5.05. The van der Waals surface area contributed by atoms with E-state index in [-0.39, 0.29) is 30.0 Å². The largest absolute Gasteiger partial charge is 0.376 e. The average Bonchev–Trinajstić information content (AvgIpc) is 2.56. The van der Waals surface area contributed by atoms with Crippen molar-refractivity contribution in [1.82, 2.24) is 4.90 Å². The Kier molecular flexibility index (Phi) is 2.34. The number of fused-ring (bicyclic) bond motifs is 1. The molecule has 0 radical (unpaired) electrons. The first kappa shape index (κ1) is 10.9. The quantitative estimate of drug-likeness (QED) is 0.640. The zero-order chi connectivity index (χ0) is 12.2. The molecule has 4 unspecified atom stereocenters. The first-order chi connectivity index (χ1) is 8.11. The highest BCUT2D eigenvalue weighted by Crippen LogP contribution is 2.41. The molecule has 2 fully saturated rings. The molecule has 2 heterocycles. The lowest BCUT2D eigenvalue weighted by molar-refractivity contribution is -0.172. The molecule has 3 aliphatic rings. The van der Waals surface area contributed by atoms with Crippen molar-refractivity contribution in [2.45, 2.75) is 38.0 Å². The number of amides is 2. The van der Waals surface area contributed by atoms with Gasteiger partial charge in [-0.25, -0.2) is 0 Å². The SMILES string of the molecule is CC1=CC(=O)N(C2C(N)C3CCCOC32)C1=O. The van der Waals surface area contributed by atoms with E-state index in [2.05, 4.69) is 0 Å². The summed E-state index contributed by atoms with van der Waals surface area (Å²) in [7, 11) is 0. The Hall–Kier alpha value is -1.20. The minimum atomic E-state index is -0.269. The van der Waals surface area contributed by atoms with Crippen LogP contribution < -0.4 is 5.73 Å². The fraction of sp³-hybridized carbons (Fsp3) is 0.667. The Morgan fingerprint density at radius 2 is 2.24 bits per heavy atom. The zero-order valence-electron chi connectivity index (χ0n) is 9.76. The highest BCUT2D eigenvalue weighted by molar-refractivity contribution is 6.16. The van der Waals surface area contributed by atoms with Gasteiger partial charge in [-0.05, 0) is 19.8 Å². The van der Waals surface area contributed by atoms with Gasteiger partial charge in [-0.15, -0.1) is 0 Å². The van der Waals surface area contributed by atoms with Gasteiger partial charge < -0.3 is 10.5 Å². The molecule has 5 heteroatoms. The smallest absolute Gasteiger partial charge is 0.256 e. The lowest BCUT2D eigenvalue weighted by atomic mass is 9.68. The number of rotatable bonds is 1. The fourth-order valence-electron chi connectivity index (χ4n) is 3.12. The van der Waals surface area contributed by atoms with E-state index in [0.29, 0.717) is 18.1 Å². The van der Waals surface area contributed by atoms with Crippen LogP contribution in [0.4, 0.5) is 0 Å². The summed E-state index contributed by atoms with van der Waals surface area (Å²) in [4.78, 5) is 24.9. The van der Waals surface area contributed by atoms with Gasteiger partial charge in [0.2, 0.25) is 0 Å². The molecule has 17 heavy (non-hydrogen) atoms. The molecule has 0 aromatic carbocycles. The Bertz CT molecular complexity index is 418. The number of imide groups is 1. The van der Waals surface area contributed by atoms with Crippen molar-refractivity contribution in [3.8, 4) is 0 Å². The zero-order valence-corrected chi connectivity index (χ0v) is 9.76. The highest BCUT2D eigenvalue weighted by Gasteiger charge is 2.56. The van der Waals surface area contributed by atoms with Gasteiger partial charge in [-0.2, -0.15) is 0 Å². The predicted octanol–water partition coefficient (Wildman–Crippen LogP) is -0.194. The van der Waals surface area contributed by atoms with Gasteiger partial charge in [-0.1, -0.05) is 0 Å². The van der Waals surface area contributed by atoms with E-state index in [4.69, 9.17) is 10.5 Å². The molecule has 2 N–H and O–H groups in total. The van der Waals surface area contributed by atoms with Crippen LogP contribution in [-0.4, -0.2) is 41.5 Å². The van der Waals surface area contributed by atoms with E-state index in [1.165, 1.54) is 11.0 Å². The Morgan fingerprint density at radius 1 is 1.47 bits per heavy atom. The second-order valence-electron chi connectivity index (χ2n) is 5.05. The molecule has 0 bridgehead atoms. The van der Waals surface area contributed by atoms with Crippen LogP contribution in [-0.2, 0) is 14.3 Å². The number of ether oxygens (including phenoxy) is 1. The Labute approximate surface area is 99.6 Å². The minimum Gasteiger partial charge on any atom is -0.376 e. The normalized spacial score (nSPS) is 41.1. The minimum absolute atomic E-state index is 0.0500. The predicted molar refractivity (Wildman–Crippen MR) is 59.8 cm³/mol. The van der Waals surface area contributed by atoms with E-state index in [0.717, 1.165) is 12.8 Å². The molecular weight excluding hydrogens is 220 g/mol. The van der Waals surface area contributed by atoms with Gasteiger partial charge in [-0.3, -0.25) is 14.5 Å². The summed E-state index contributed by atoms with van der Waals surface area (Å²) >= 11 is 0. The summed E-state index contributed by atoms with van der Waals surface area (Å²) in [5.41, 5.74) is 6.57. The molecule has 1 saturated carbocycles. The molecular formula is C12H16N2O3. The topological polar surface area (TPSA) is 72.6 Å². The fourth-order valence-corrected chi connectivity index (χ4v) is 3.12. The number of nitrogens with zero attached hydrogens (tertiary/aromatic N) is 1. The van der Waals surface area contributed by atoms with Crippen molar-refractivity contribution >= 4 is 11.8 Å². The third-order valence-corrected chi connectivity index (χ3v) is 4.07. The number of hydrogen-bond donors (Lipinski definition) is 1. The number of hydrogen-bond acceptors (Lipinski definition) is 4. The van der Waals surface area contributed by atoms with Crippen LogP contribution in [0.2, 0.25) is 0 Å². The van der Waals surface area contributed by atoms with Gasteiger partial charge in [0, 0.05) is 30.2 Å². The van der Waals surface area contributed by atoms with E-state index >= 15 is 0 Å². The van der Waals surface area contributed by atoms with Crippen molar-refractivity contribution in [1.29, 1.82) is 0 Å². The maximum atomic E-state index is 11.9. The maximum absolute atomic E-state index is 11.9. The molecule has 2 amide bonds. The van der Waals surface area contributed by atoms with Crippen LogP contribution in [0.5, 0.6) is 0 Å². The van der Waals surface area contributed by atoms with Gasteiger partial charge in [0.25, 0.3) is 11.8 Å². The molecule has 0 aromatic rings. The molecule has 1 saturated heterocycles. The van der Waals surface area contributed by atoms with Crippen LogP contribution >= 0.6 is 0 Å². The monoisotopic (exact) mass is 236 g/mol. The molecule has 1 aliphatic carbocycles. The van der Waals surface area contributed by atoms with Crippen molar-refractivity contribution in [3.05, 3.63) is 11.6 Å². The van der Waals surface area contributed by atoms with Gasteiger partial charge in [0.15, 0.2) is 0 Å². The van der Waals surface area contributed by atoms with Crippen molar-refractivity contribution in [3.63, 3.8) is 0 Å². The van der Waals surface area contributed by atoms with Gasteiger partial charge >= 0.3 is 0 Å². The van der Waals surface area contributed by atoms with E-state index in [1.807, 2.05) is 0 Å². The lowest BCUT2D eigenvalue weighted by Gasteiger charge is -2.54. The van der Waals surface area contributed by atoms with Crippen LogP contribution in [0.25, 0.3) is 0 Å². The second kappa shape index (κ2) is 3.65. The molecule has 2 aliphatic heterocycles. The molecule has 0 aromatic heterocycles. The molecule has 92 valence electrons. The van der Waals surface area contributed by atoms with E-state index in [9.17, 15) is 9.59 Å². The molecule has 3 rings (SSSR count). The van der Waals surface area contributed by atoms with Crippen LogP contribution in [0, 0.1) is 5.92 Å².